The van der Waals surface area contributed by atoms with Gasteiger partial charge in [-0.2, -0.15) is 0 Å². The van der Waals surface area contributed by atoms with Gasteiger partial charge in [-0.25, -0.2) is 0 Å². The fraction of sp³-hybridized carbons (Fsp3) is 0.706. The van der Waals surface area contributed by atoms with Crippen LogP contribution in [0, 0.1) is 0 Å². The fourth-order valence-electron chi connectivity index (χ4n) is 2.39. The van der Waals surface area contributed by atoms with Gasteiger partial charge in [-0.15, -0.1) is 0 Å². The second kappa shape index (κ2) is 5.24. The van der Waals surface area contributed by atoms with Crippen molar-refractivity contribution >= 4 is 12.6 Å². The van der Waals surface area contributed by atoms with Crippen LogP contribution in [-0.2, 0) is 9.31 Å². The molecule has 3 rings (SSSR count). The van der Waals surface area contributed by atoms with Gasteiger partial charge < -0.3 is 14.0 Å². The Kier molecular flexibility index (Phi) is 3.77. The Morgan fingerprint density at radius 1 is 1.18 bits per heavy atom. The molecule has 0 radical (unpaired) electrons. The Hall–Kier alpha value is -1.07. The lowest BCUT2D eigenvalue weighted by molar-refractivity contribution is 0.00578. The van der Waals surface area contributed by atoms with E-state index in [9.17, 15) is 0 Å². The van der Waals surface area contributed by atoms with Gasteiger partial charge in [0.05, 0.1) is 17.3 Å². The van der Waals surface area contributed by atoms with Gasteiger partial charge >= 0.3 is 7.12 Å². The smallest absolute Gasteiger partial charge is 0.491 e. The quantitative estimate of drug-likeness (QED) is 0.802. The van der Waals surface area contributed by atoms with Gasteiger partial charge in [0.25, 0.3) is 0 Å². The summed E-state index contributed by atoms with van der Waals surface area (Å²) in [4.78, 5) is 4.57. The molecule has 1 saturated heterocycles. The van der Waals surface area contributed by atoms with Crippen molar-refractivity contribution in [3.05, 3.63) is 18.0 Å². The third kappa shape index (κ3) is 2.89. The first-order valence-corrected chi connectivity index (χ1v) is 8.22. The van der Waals surface area contributed by atoms with Crippen LogP contribution < -0.4 is 10.2 Å². The van der Waals surface area contributed by atoms with Crippen LogP contribution in [0.5, 0.6) is 5.75 Å². The van der Waals surface area contributed by atoms with Crippen LogP contribution in [0.1, 0.15) is 66.0 Å². The highest BCUT2D eigenvalue weighted by Crippen LogP contribution is 2.37. The molecule has 5 heteroatoms. The molecule has 1 aromatic heterocycles. The number of aromatic nitrogens is 1. The van der Waals surface area contributed by atoms with Crippen molar-refractivity contribution in [2.75, 3.05) is 0 Å². The molecule has 2 aliphatic rings. The van der Waals surface area contributed by atoms with Crippen LogP contribution in [0.2, 0.25) is 0 Å². The summed E-state index contributed by atoms with van der Waals surface area (Å²) in [7, 11) is -0.424. The van der Waals surface area contributed by atoms with E-state index < -0.39 is 7.12 Å². The number of nitrogens with zero attached hydrogens (tertiary/aromatic N) is 1. The van der Waals surface area contributed by atoms with E-state index in [1.807, 2.05) is 12.3 Å². The average molecular weight is 303 g/mol. The molecule has 0 atom stereocenters. The van der Waals surface area contributed by atoms with Gasteiger partial charge in [-0.05, 0) is 46.5 Å². The van der Waals surface area contributed by atoms with Crippen molar-refractivity contribution in [1.82, 2.24) is 4.98 Å². The van der Waals surface area contributed by atoms with Gasteiger partial charge in [-0.3, -0.25) is 4.98 Å². The highest BCUT2D eigenvalue weighted by atomic mass is 16.7. The molecule has 120 valence electrons. The first-order chi connectivity index (χ1) is 10.2. The number of hydrogen-bond donors (Lipinski definition) is 0. The number of ether oxygens (including phenoxy) is 1. The zero-order valence-corrected chi connectivity index (χ0v) is 14.5. The van der Waals surface area contributed by atoms with Crippen LogP contribution in [0.4, 0.5) is 0 Å². The van der Waals surface area contributed by atoms with Crippen molar-refractivity contribution < 1.29 is 14.0 Å². The summed E-state index contributed by atoms with van der Waals surface area (Å²) in [5, 5.41) is 0. The van der Waals surface area contributed by atoms with Crippen molar-refractivity contribution in [1.29, 1.82) is 0 Å². The maximum atomic E-state index is 6.15. The second-order valence-corrected chi connectivity index (χ2v) is 7.71. The Labute approximate surface area is 133 Å². The van der Waals surface area contributed by atoms with Crippen molar-refractivity contribution in [2.24, 2.45) is 0 Å². The molecule has 2 heterocycles. The van der Waals surface area contributed by atoms with Crippen molar-refractivity contribution in [3.63, 3.8) is 0 Å². The van der Waals surface area contributed by atoms with E-state index in [1.54, 1.807) is 0 Å². The second-order valence-electron chi connectivity index (χ2n) is 7.71. The van der Waals surface area contributed by atoms with Crippen LogP contribution in [-0.4, -0.2) is 29.4 Å². The molecular formula is C17H26BNO3. The highest BCUT2D eigenvalue weighted by Gasteiger charge is 2.52. The molecule has 1 saturated carbocycles. The number of rotatable bonds is 4. The molecule has 4 nitrogen and oxygen atoms in total. The van der Waals surface area contributed by atoms with E-state index in [4.69, 9.17) is 14.0 Å². The van der Waals surface area contributed by atoms with E-state index in [0.29, 0.717) is 12.0 Å². The molecular weight excluding hydrogens is 277 g/mol. The minimum absolute atomic E-state index is 0.337. The summed E-state index contributed by atoms with van der Waals surface area (Å²) in [5.74, 6) is 1.23. The van der Waals surface area contributed by atoms with E-state index in [-0.39, 0.29) is 11.2 Å². The van der Waals surface area contributed by atoms with E-state index in [2.05, 4.69) is 46.5 Å². The zero-order valence-electron chi connectivity index (χ0n) is 14.5. The Morgan fingerprint density at radius 3 is 2.27 bits per heavy atom. The predicted octanol–water partition coefficient (Wildman–Crippen LogP) is 3.05. The molecule has 1 aliphatic carbocycles. The summed E-state index contributed by atoms with van der Waals surface area (Å²) < 4.78 is 18.4. The van der Waals surface area contributed by atoms with Crippen molar-refractivity contribution in [3.8, 4) is 5.75 Å². The Bertz CT molecular complexity index is 551. The third-order valence-corrected chi connectivity index (χ3v) is 4.83. The minimum atomic E-state index is -0.424. The lowest BCUT2D eigenvalue weighted by Gasteiger charge is -2.32. The fourth-order valence-corrected chi connectivity index (χ4v) is 2.39. The van der Waals surface area contributed by atoms with Crippen LogP contribution in [0.3, 0.4) is 0 Å². The summed E-state index contributed by atoms with van der Waals surface area (Å²) in [6.07, 6.45) is 4.45. The molecule has 2 fully saturated rings. The lowest BCUT2D eigenvalue weighted by atomic mass is 9.79. The summed E-state index contributed by atoms with van der Waals surface area (Å²) in [5.41, 5.74) is 1.22. The molecule has 1 aromatic rings. The maximum absolute atomic E-state index is 6.15. The van der Waals surface area contributed by atoms with E-state index >= 15 is 0 Å². The van der Waals surface area contributed by atoms with Gasteiger partial charge in [0.1, 0.15) is 5.75 Å². The summed E-state index contributed by atoms with van der Waals surface area (Å²) in [6, 6.07) is 2.04. The van der Waals surface area contributed by atoms with Gasteiger partial charge in [0.15, 0.2) is 0 Å². The minimum Gasteiger partial charge on any atom is -0.491 e. The number of hydrogen-bond acceptors (Lipinski definition) is 4. The average Bonchev–Trinajstić information content (AvgIpc) is 3.17. The van der Waals surface area contributed by atoms with E-state index in [1.165, 1.54) is 0 Å². The topological polar surface area (TPSA) is 40.6 Å². The molecule has 0 N–H and O–H groups in total. The predicted molar refractivity (Wildman–Crippen MR) is 87.7 cm³/mol. The molecule has 1 aliphatic heterocycles. The molecule has 0 aromatic carbocycles. The standard InChI is InChI=1S/C17H26BNO3/c1-11(2)14-9-15(20-12-7-8-12)13(10-19-14)18-21-16(3,4)17(5,6)22-18/h9-12H,7-8H2,1-6H3. The van der Waals surface area contributed by atoms with Crippen LogP contribution in [0.25, 0.3) is 0 Å². The molecule has 0 spiro atoms. The molecule has 0 unspecified atom stereocenters. The van der Waals surface area contributed by atoms with Gasteiger partial charge in [0.2, 0.25) is 0 Å². The monoisotopic (exact) mass is 303 g/mol. The molecule has 0 bridgehead atoms. The Morgan fingerprint density at radius 2 is 1.77 bits per heavy atom. The lowest BCUT2D eigenvalue weighted by Crippen LogP contribution is -2.41. The van der Waals surface area contributed by atoms with E-state index in [0.717, 1.165) is 29.7 Å². The van der Waals surface area contributed by atoms with Gasteiger partial charge in [0, 0.05) is 23.4 Å². The SMILES string of the molecule is CC(C)c1cc(OC2CC2)c(B2OC(C)(C)C(C)(C)O2)cn1. The van der Waals surface area contributed by atoms with Crippen molar-refractivity contribution in [2.45, 2.75) is 77.6 Å². The number of pyridine rings is 1. The largest absolute Gasteiger partial charge is 0.500 e. The summed E-state index contributed by atoms with van der Waals surface area (Å²) in [6.45, 7) is 12.5. The Balaban J connectivity index is 1.92. The van der Waals surface area contributed by atoms with Gasteiger partial charge in [-0.1, -0.05) is 13.8 Å². The summed E-state index contributed by atoms with van der Waals surface area (Å²) >= 11 is 0. The zero-order chi connectivity index (χ0) is 16.1. The molecule has 0 amide bonds. The first kappa shape index (κ1) is 15.8. The maximum Gasteiger partial charge on any atom is 0.500 e. The third-order valence-electron chi connectivity index (χ3n) is 4.83. The highest BCUT2D eigenvalue weighted by molar-refractivity contribution is 6.63. The van der Waals surface area contributed by atoms with Crippen LogP contribution in [0.15, 0.2) is 12.3 Å². The van der Waals surface area contributed by atoms with Crippen LogP contribution >= 0.6 is 0 Å². The molecule has 22 heavy (non-hydrogen) atoms. The normalized spacial score (nSPS) is 23.1. The first-order valence-electron chi connectivity index (χ1n) is 8.22.